The van der Waals surface area contributed by atoms with Crippen molar-refractivity contribution in [2.75, 3.05) is 0 Å². The lowest BCUT2D eigenvalue weighted by atomic mass is 9.75. The van der Waals surface area contributed by atoms with Crippen molar-refractivity contribution in [1.29, 1.82) is 0 Å². The van der Waals surface area contributed by atoms with Gasteiger partial charge in [-0.2, -0.15) is 0 Å². The Morgan fingerprint density at radius 3 is 1.96 bits per heavy atom. The smallest absolute Gasteiger partial charge is 0.194 e. The average Bonchev–Trinajstić information content (AvgIpc) is 2.60. The van der Waals surface area contributed by atoms with Crippen molar-refractivity contribution >= 4 is 11.6 Å². The Hall–Kier alpha value is -3.02. The fourth-order valence-electron chi connectivity index (χ4n) is 2.92. The van der Waals surface area contributed by atoms with Gasteiger partial charge in [0.1, 0.15) is 5.75 Å². The number of Topliss-reactive ketones (excluding diaryl/α,β-unsaturated/α-hetero) is 2. The van der Waals surface area contributed by atoms with E-state index >= 15 is 0 Å². The van der Waals surface area contributed by atoms with E-state index < -0.39 is 5.66 Å². The van der Waals surface area contributed by atoms with Gasteiger partial charge in [-0.3, -0.25) is 9.59 Å². The summed E-state index contributed by atoms with van der Waals surface area (Å²) >= 11 is 0. The zero-order chi connectivity index (χ0) is 18.0. The zero-order valence-corrected chi connectivity index (χ0v) is 13.5. The highest BCUT2D eigenvalue weighted by molar-refractivity contribution is 6.28. The number of fused-ring (bicyclic) bond motifs is 1. The maximum atomic E-state index is 12.4. The van der Waals surface area contributed by atoms with Crippen LogP contribution in [0.25, 0.3) is 0 Å². The number of allylic oxidation sites excluding steroid dienone is 2. The second-order valence-electron chi connectivity index (χ2n) is 5.97. The minimum atomic E-state index is -1.26. The molecule has 0 saturated heterocycles. The molecule has 2 aromatic rings. The third-order valence-corrected chi connectivity index (χ3v) is 4.12. The monoisotopic (exact) mass is 334 g/mol. The summed E-state index contributed by atoms with van der Waals surface area (Å²) in [6, 6.07) is 15.5. The number of rotatable bonds is 0. The Labute approximate surface area is 145 Å². The third-order valence-electron chi connectivity index (χ3n) is 4.12. The molecule has 0 bridgehead atoms. The number of ketones is 2. The average molecular weight is 334 g/mol. The summed E-state index contributed by atoms with van der Waals surface area (Å²) < 4.78 is 0. The van der Waals surface area contributed by atoms with Crippen LogP contribution in [0.2, 0.25) is 0 Å². The van der Waals surface area contributed by atoms with E-state index in [0.717, 1.165) is 0 Å². The zero-order valence-electron chi connectivity index (χ0n) is 13.5. The van der Waals surface area contributed by atoms with E-state index in [1.165, 1.54) is 0 Å². The number of carbonyl (C=O) groups excluding carboxylic acids is 2. The number of phenols is 1. The van der Waals surface area contributed by atoms with E-state index in [0.29, 0.717) is 28.9 Å². The van der Waals surface area contributed by atoms with Crippen molar-refractivity contribution in [3.05, 3.63) is 89.0 Å². The lowest BCUT2D eigenvalue weighted by Gasteiger charge is -2.33. The second-order valence-corrected chi connectivity index (χ2v) is 5.97. The molecule has 0 amide bonds. The molecule has 25 heavy (non-hydrogen) atoms. The number of hydrogen-bond donors (Lipinski definition) is 3. The van der Waals surface area contributed by atoms with Gasteiger partial charge in [-0.15, -0.1) is 0 Å². The Morgan fingerprint density at radius 1 is 0.840 bits per heavy atom. The van der Waals surface area contributed by atoms with Gasteiger partial charge < -0.3 is 16.6 Å². The Bertz CT molecular complexity index is 896. The molecule has 0 fully saturated rings. The van der Waals surface area contributed by atoms with E-state index in [4.69, 9.17) is 16.6 Å². The van der Waals surface area contributed by atoms with E-state index in [1.54, 1.807) is 60.7 Å². The van der Waals surface area contributed by atoms with Gasteiger partial charge >= 0.3 is 0 Å². The van der Waals surface area contributed by atoms with Crippen LogP contribution in [0.5, 0.6) is 5.75 Å². The molecule has 4 rings (SSSR count). The van der Waals surface area contributed by atoms with Gasteiger partial charge in [-0.1, -0.05) is 54.6 Å². The molecule has 5 N–H and O–H groups in total. The maximum Gasteiger partial charge on any atom is 0.194 e. The summed E-state index contributed by atoms with van der Waals surface area (Å²) in [5.41, 5.74) is 12.0. The highest BCUT2D eigenvalue weighted by Crippen LogP contribution is 2.34. The Balaban J connectivity index is 0.000000219. The number of nitrogens with two attached hydrogens (primary N) is 2. The molecule has 0 spiro atoms. The van der Waals surface area contributed by atoms with Crippen molar-refractivity contribution in [3.8, 4) is 5.75 Å². The lowest BCUT2D eigenvalue weighted by molar-refractivity contribution is 0.0963. The molecule has 5 heteroatoms. The molecule has 2 aliphatic rings. The van der Waals surface area contributed by atoms with Gasteiger partial charge in [-0.05, 0) is 12.1 Å². The van der Waals surface area contributed by atoms with Crippen LogP contribution in [0.1, 0.15) is 27.1 Å². The van der Waals surface area contributed by atoms with Gasteiger partial charge in [0.15, 0.2) is 11.6 Å². The minimum absolute atomic E-state index is 0.184. The molecule has 0 heterocycles. The van der Waals surface area contributed by atoms with Crippen molar-refractivity contribution in [2.24, 2.45) is 11.5 Å². The molecule has 2 aliphatic carbocycles. The third kappa shape index (κ3) is 3.15. The largest absolute Gasteiger partial charge is 0.508 e. The van der Waals surface area contributed by atoms with Crippen LogP contribution in [0.15, 0.2) is 77.9 Å². The number of aromatic hydroxyl groups is 1. The quantitative estimate of drug-likeness (QED) is 0.641. The minimum Gasteiger partial charge on any atom is -0.508 e. The van der Waals surface area contributed by atoms with E-state index in [1.807, 2.05) is 6.07 Å². The molecule has 126 valence electrons. The van der Waals surface area contributed by atoms with Crippen LogP contribution in [0, 0.1) is 0 Å². The molecule has 0 aliphatic heterocycles. The van der Waals surface area contributed by atoms with Crippen LogP contribution < -0.4 is 11.5 Å². The summed E-state index contributed by atoms with van der Waals surface area (Å²) in [7, 11) is 0. The molecule has 5 nitrogen and oxygen atoms in total. The number of para-hydroxylation sites is 1. The van der Waals surface area contributed by atoms with Gasteiger partial charge in [0.2, 0.25) is 0 Å². The van der Waals surface area contributed by atoms with E-state index in [9.17, 15) is 9.59 Å². The second kappa shape index (κ2) is 6.47. The number of hydrogen-bond acceptors (Lipinski definition) is 5. The first kappa shape index (κ1) is 16.8. The van der Waals surface area contributed by atoms with Gasteiger partial charge in [-0.25, -0.2) is 0 Å². The summed E-state index contributed by atoms with van der Waals surface area (Å²) in [4.78, 5) is 24.7. The van der Waals surface area contributed by atoms with Crippen LogP contribution >= 0.6 is 0 Å². The van der Waals surface area contributed by atoms with Gasteiger partial charge in [0, 0.05) is 28.7 Å². The first-order valence-electron chi connectivity index (χ1n) is 7.83. The molecular weight excluding hydrogens is 316 g/mol. The molecule has 2 aromatic carbocycles. The standard InChI is InChI=1S/C14H12N2O2.C6H6O/c15-14(16)7-3-6-10-11(14)13(18)9-5-2-1-4-8(9)12(10)17;7-6-4-2-1-3-5-6/h1-6H,7,15-16H2;1-5,7H. The van der Waals surface area contributed by atoms with E-state index in [-0.39, 0.29) is 17.1 Å². The van der Waals surface area contributed by atoms with Crippen LogP contribution in [0.4, 0.5) is 0 Å². The summed E-state index contributed by atoms with van der Waals surface area (Å²) in [6.45, 7) is 0. The lowest BCUT2D eigenvalue weighted by Crippen LogP contribution is -2.55. The number of benzene rings is 2. The van der Waals surface area contributed by atoms with Gasteiger partial charge in [0.25, 0.3) is 0 Å². The molecule has 0 radical (unpaired) electrons. The maximum absolute atomic E-state index is 12.4. The van der Waals surface area contributed by atoms with Gasteiger partial charge in [0.05, 0.1) is 5.66 Å². The molecule has 0 saturated carbocycles. The summed E-state index contributed by atoms with van der Waals surface area (Å²) in [5, 5.41) is 8.63. The Kier molecular flexibility index (Phi) is 4.35. The predicted molar refractivity (Wildman–Crippen MR) is 95.1 cm³/mol. The number of carbonyl (C=O) groups is 2. The SMILES string of the molecule is NC1(N)CC=CC2=C1C(=O)c1ccccc1C2=O.Oc1ccccc1. The Morgan fingerprint density at radius 2 is 1.40 bits per heavy atom. The van der Waals surface area contributed by atoms with Crippen LogP contribution in [0.3, 0.4) is 0 Å². The van der Waals surface area contributed by atoms with E-state index in [2.05, 4.69) is 0 Å². The molecule has 0 unspecified atom stereocenters. The first-order chi connectivity index (χ1) is 11.9. The predicted octanol–water partition coefficient (Wildman–Crippen LogP) is 2.33. The molecule has 0 aromatic heterocycles. The number of phenolic OH excluding ortho intramolecular Hbond substituents is 1. The van der Waals surface area contributed by atoms with Crippen molar-refractivity contribution in [2.45, 2.75) is 12.1 Å². The van der Waals surface area contributed by atoms with Crippen molar-refractivity contribution < 1.29 is 14.7 Å². The fraction of sp³-hybridized carbons (Fsp3) is 0.100. The highest BCUT2D eigenvalue weighted by Gasteiger charge is 2.40. The molecule has 0 atom stereocenters. The molecular formula is C20H18N2O3. The first-order valence-corrected chi connectivity index (χ1v) is 7.83. The van der Waals surface area contributed by atoms with Crippen LogP contribution in [-0.2, 0) is 0 Å². The highest BCUT2D eigenvalue weighted by atomic mass is 16.3. The summed E-state index contributed by atoms with van der Waals surface area (Å²) in [6.07, 6.45) is 3.73. The summed E-state index contributed by atoms with van der Waals surface area (Å²) in [5.74, 6) is -0.103. The normalized spacial score (nSPS) is 17.4. The van der Waals surface area contributed by atoms with Crippen molar-refractivity contribution in [3.63, 3.8) is 0 Å². The fourth-order valence-corrected chi connectivity index (χ4v) is 2.92. The topological polar surface area (TPSA) is 106 Å². The van der Waals surface area contributed by atoms with Crippen LogP contribution in [-0.4, -0.2) is 22.3 Å². The van der Waals surface area contributed by atoms with Crippen molar-refractivity contribution in [1.82, 2.24) is 0 Å².